The van der Waals surface area contributed by atoms with Crippen LogP contribution in [-0.4, -0.2) is 4.98 Å². The molecule has 1 heteroatoms. The van der Waals surface area contributed by atoms with Crippen molar-refractivity contribution in [3.63, 3.8) is 0 Å². The zero-order valence-electron chi connectivity index (χ0n) is 6.46. The molecule has 0 unspecified atom stereocenters. The van der Waals surface area contributed by atoms with Crippen molar-refractivity contribution in [3.8, 4) is 0 Å². The minimum atomic E-state index is 0.619. The molecule has 0 aromatic carbocycles. The van der Waals surface area contributed by atoms with Gasteiger partial charge in [0.2, 0.25) is 0 Å². The first-order valence-corrected chi connectivity index (χ1v) is 4.30. The van der Waals surface area contributed by atoms with Crippen LogP contribution in [0.3, 0.4) is 0 Å². The molecule has 4 rings (SSSR count). The molecule has 56 valence electrons. The standard InChI is InChI=1S/C10H11N/c1-3-11-4-2-9(1)10-5-8(6-10)7-10/h1-4,8H,5-7H2. The van der Waals surface area contributed by atoms with Gasteiger partial charge in [0.15, 0.2) is 0 Å². The summed E-state index contributed by atoms with van der Waals surface area (Å²) in [4.78, 5) is 4.03. The van der Waals surface area contributed by atoms with Gasteiger partial charge in [-0.2, -0.15) is 0 Å². The lowest BCUT2D eigenvalue weighted by Gasteiger charge is -2.62. The number of hydrogen-bond acceptors (Lipinski definition) is 1. The molecule has 0 spiro atoms. The van der Waals surface area contributed by atoms with E-state index in [1.807, 2.05) is 12.4 Å². The Morgan fingerprint density at radius 3 is 2.27 bits per heavy atom. The number of aromatic nitrogens is 1. The fourth-order valence-electron chi connectivity index (χ4n) is 2.54. The van der Waals surface area contributed by atoms with E-state index >= 15 is 0 Å². The van der Waals surface area contributed by atoms with Gasteiger partial charge in [-0.1, -0.05) is 0 Å². The zero-order valence-corrected chi connectivity index (χ0v) is 6.46. The maximum Gasteiger partial charge on any atom is 0.0270 e. The van der Waals surface area contributed by atoms with Crippen molar-refractivity contribution in [1.82, 2.24) is 4.98 Å². The fraction of sp³-hybridized carbons (Fsp3) is 0.500. The van der Waals surface area contributed by atoms with E-state index < -0.39 is 0 Å². The minimum absolute atomic E-state index is 0.619. The average Bonchev–Trinajstić information content (AvgIpc) is 1.83. The van der Waals surface area contributed by atoms with Gasteiger partial charge in [0.05, 0.1) is 0 Å². The van der Waals surface area contributed by atoms with Gasteiger partial charge in [0.25, 0.3) is 0 Å². The van der Waals surface area contributed by atoms with E-state index in [0.717, 1.165) is 5.92 Å². The van der Waals surface area contributed by atoms with Gasteiger partial charge in [-0.3, -0.25) is 4.98 Å². The fourth-order valence-corrected chi connectivity index (χ4v) is 2.54. The molecule has 1 nitrogen and oxygen atoms in total. The molecule has 3 saturated carbocycles. The summed E-state index contributed by atoms with van der Waals surface area (Å²) in [6.45, 7) is 0. The van der Waals surface area contributed by atoms with E-state index in [-0.39, 0.29) is 0 Å². The Balaban J connectivity index is 2.00. The van der Waals surface area contributed by atoms with E-state index in [9.17, 15) is 0 Å². The monoisotopic (exact) mass is 145 g/mol. The molecule has 3 aliphatic carbocycles. The van der Waals surface area contributed by atoms with Crippen molar-refractivity contribution < 1.29 is 0 Å². The van der Waals surface area contributed by atoms with E-state index in [4.69, 9.17) is 0 Å². The molecule has 3 fully saturated rings. The lowest BCUT2D eigenvalue weighted by Crippen LogP contribution is -2.55. The topological polar surface area (TPSA) is 12.9 Å². The highest BCUT2D eigenvalue weighted by atomic mass is 14.6. The summed E-state index contributed by atoms with van der Waals surface area (Å²) in [5.41, 5.74) is 2.14. The van der Waals surface area contributed by atoms with Crippen LogP contribution < -0.4 is 0 Å². The average molecular weight is 145 g/mol. The zero-order chi connectivity index (χ0) is 7.31. The number of hydrogen-bond donors (Lipinski definition) is 0. The van der Waals surface area contributed by atoms with Crippen molar-refractivity contribution in [1.29, 1.82) is 0 Å². The molecule has 0 radical (unpaired) electrons. The maximum absolute atomic E-state index is 4.03. The summed E-state index contributed by atoms with van der Waals surface area (Å²) in [7, 11) is 0. The Kier molecular flexibility index (Phi) is 0.867. The Labute approximate surface area is 66.5 Å². The van der Waals surface area contributed by atoms with Crippen molar-refractivity contribution in [2.75, 3.05) is 0 Å². The second-order valence-corrected chi connectivity index (χ2v) is 3.99. The van der Waals surface area contributed by atoms with Crippen LogP contribution in [0.5, 0.6) is 0 Å². The summed E-state index contributed by atoms with van der Waals surface area (Å²) in [6, 6.07) is 4.35. The largest absolute Gasteiger partial charge is 0.265 e. The lowest BCUT2D eigenvalue weighted by molar-refractivity contribution is -0.0274. The van der Waals surface area contributed by atoms with Crippen LogP contribution in [-0.2, 0) is 5.41 Å². The van der Waals surface area contributed by atoms with E-state index in [2.05, 4.69) is 17.1 Å². The molecule has 11 heavy (non-hydrogen) atoms. The van der Waals surface area contributed by atoms with Crippen LogP contribution in [0.2, 0.25) is 0 Å². The highest BCUT2D eigenvalue weighted by Crippen LogP contribution is 2.64. The maximum atomic E-state index is 4.03. The molecular formula is C10H11N. The van der Waals surface area contributed by atoms with Crippen LogP contribution in [0, 0.1) is 5.92 Å². The molecule has 0 atom stereocenters. The molecule has 1 heterocycles. The van der Waals surface area contributed by atoms with Gasteiger partial charge in [0.1, 0.15) is 0 Å². The van der Waals surface area contributed by atoms with Crippen molar-refractivity contribution in [2.45, 2.75) is 24.7 Å². The highest BCUT2D eigenvalue weighted by Gasteiger charge is 2.57. The third-order valence-electron chi connectivity index (χ3n) is 3.33. The van der Waals surface area contributed by atoms with Gasteiger partial charge >= 0.3 is 0 Å². The Morgan fingerprint density at radius 2 is 1.82 bits per heavy atom. The van der Waals surface area contributed by atoms with Gasteiger partial charge in [-0.05, 0) is 48.3 Å². The Hall–Kier alpha value is -0.850. The highest BCUT2D eigenvalue weighted by molar-refractivity contribution is 5.33. The van der Waals surface area contributed by atoms with Crippen molar-refractivity contribution in [3.05, 3.63) is 30.1 Å². The quantitative estimate of drug-likeness (QED) is 0.590. The van der Waals surface area contributed by atoms with Gasteiger partial charge in [-0.25, -0.2) is 0 Å². The summed E-state index contributed by atoms with van der Waals surface area (Å²) in [5.74, 6) is 1.07. The third kappa shape index (κ3) is 0.590. The molecule has 3 aliphatic rings. The molecule has 2 bridgehead atoms. The molecular weight excluding hydrogens is 134 g/mol. The van der Waals surface area contributed by atoms with Crippen LogP contribution in [0.4, 0.5) is 0 Å². The van der Waals surface area contributed by atoms with Gasteiger partial charge in [0, 0.05) is 12.4 Å². The minimum Gasteiger partial charge on any atom is -0.265 e. The molecule has 0 aliphatic heterocycles. The summed E-state index contributed by atoms with van der Waals surface area (Å²) in [5, 5.41) is 0. The summed E-state index contributed by atoms with van der Waals surface area (Å²) < 4.78 is 0. The third-order valence-corrected chi connectivity index (χ3v) is 3.33. The normalized spacial score (nSPS) is 39.1. The Morgan fingerprint density at radius 1 is 1.18 bits per heavy atom. The van der Waals surface area contributed by atoms with Gasteiger partial charge < -0.3 is 0 Å². The summed E-state index contributed by atoms with van der Waals surface area (Å²) in [6.07, 6.45) is 8.15. The molecule has 0 N–H and O–H groups in total. The number of pyridine rings is 1. The SMILES string of the molecule is c1cc(C23CC(C2)C3)ccn1. The smallest absolute Gasteiger partial charge is 0.0270 e. The van der Waals surface area contributed by atoms with Crippen LogP contribution in [0.25, 0.3) is 0 Å². The number of nitrogens with zero attached hydrogens (tertiary/aromatic N) is 1. The Bertz CT molecular complexity index is 261. The first-order valence-electron chi connectivity index (χ1n) is 4.30. The van der Waals surface area contributed by atoms with Crippen LogP contribution in [0.15, 0.2) is 24.5 Å². The van der Waals surface area contributed by atoms with E-state index in [0.29, 0.717) is 5.41 Å². The van der Waals surface area contributed by atoms with Crippen LogP contribution in [0.1, 0.15) is 24.8 Å². The second-order valence-electron chi connectivity index (χ2n) is 3.99. The van der Waals surface area contributed by atoms with E-state index in [1.54, 1.807) is 0 Å². The first kappa shape index (κ1) is 5.76. The molecule has 0 amide bonds. The lowest BCUT2D eigenvalue weighted by atomic mass is 9.42. The predicted molar refractivity (Wildman–Crippen MR) is 43.3 cm³/mol. The number of rotatable bonds is 1. The first-order chi connectivity index (χ1) is 5.39. The van der Waals surface area contributed by atoms with E-state index in [1.165, 1.54) is 24.8 Å². The molecule has 1 aromatic heterocycles. The van der Waals surface area contributed by atoms with Crippen LogP contribution >= 0.6 is 0 Å². The summed E-state index contributed by atoms with van der Waals surface area (Å²) >= 11 is 0. The van der Waals surface area contributed by atoms with Crippen molar-refractivity contribution in [2.24, 2.45) is 5.92 Å². The second kappa shape index (κ2) is 1.66. The van der Waals surface area contributed by atoms with Gasteiger partial charge in [-0.15, -0.1) is 0 Å². The predicted octanol–water partition coefficient (Wildman–Crippen LogP) is 2.13. The molecule has 0 saturated heterocycles. The molecule has 1 aromatic rings. The van der Waals surface area contributed by atoms with Crippen molar-refractivity contribution >= 4 is 0 Å².